The maximum atomic E-state index is 11.9. The molecular formula is C12H15ClF3NO. The molecule has 0 radical (unpaired) electrons. The third-order valence-electron chi connectivity index (χ3n) is 2.45. The minimum absolute atomic E-state index is 0.331. The van der Waals surface area contributed by atoms with Crippen molar-refractivity contribution in [1.82, 2.24) is 5.32 Å². The highest BCUT2D eigenvalue weighted by molar-refractivity contribution is 6.30. The van der Waals surface area contributed by atoms with Gasteiger partial charge in [0.05, 0.1) is 6.61 Å². The zero-order valence-corrected chi connectivity index (χ0v) is 10.7. The average molecular weight is 282 g/mol. The van der Waals surface area contributed by atoms with E-state index in [0.29, 0.717) is 18.0 Å². The minimum atomic E-state index is -4.57. The second-order valence-corrected chi connectivity index (χ2v) is 4.31. The first kappa shape index (κ1) is 15.3. The fraction of sp³-hybridized carbons (Fsp3) is 0.500. The SMILES string of the molecule is CCC(COC(F)(F)F)NCc1ccc(Cl)cc1. The van der Waals surface area contributed by atoms with Crippen LogP contribution in [0.1, 0.15) is 18.9 Å². The standard InChI is InChI=1S/C12H15ClF3NO/c1-2-11(8-18-12(14,15)16)17-7-9-3-5-10(13)6-4-9/h3-6,11,17H,2,7-8H2,1H3. The number of rotatable bonds is 6. The summed E-state index contributed by atoms with van der Waals surface area (Å²) < 4.78 is 39.5. The van der Waals surface area contributed by atoms with Crippen molar-refractivity contribution < 1.29 is 17.9 Å². The fourth-order valence-corrected chi connectivity index (χ4v) is 1.51. The lowest BCUT2D eigenvalue weighted by molar-refractivity contribution is -0.326. The molecule has 0 saturated heterocycles. The second-order valence-electron chi connectivity index (χ2n) is 3.87. The Hall–Kier alpha value is -0.780. The van der Waals surface area contributed by atoms with Crippen molar-refractivity contribution in [3.63, 3.8) is 0 Å². The Labute approximate surface area is 109 Å². The molecule has 0 aromatic heterocycles. The lowest BCUT2D eigenvalue weighted by atomic mass is 10.2. The Kier molecular flexibility index (Phi) is 5.91. The number of ether oxygens (including phenoxy) is 1. The first-order valence-electron chi connectivity index (χ1n) is 5.59. The first-order chi connectivity index (χ1) is 8.40. The minimum Gasteiger partial charge on any atom is -0.308 e. The number of nitrogens with one attached hydrogen (secondary N) is 1. The summed E-state index contributed by atoms with van der Waals surface area (Å²) in [4.78, 5) is 0. The Morgan fingerprint density at radius 1 is 1.28 bits per heavy atom. The summed E-state index contributed by atoms with van der Waals surface area (Å²) in [6.45, 7) is 1.91. The van der Waals surface area contributed by atoms with Gasteiger partial charge in [0.15, 0.2) is 0 Å². The Morgan fingerprint density at radius 3 is 2.39 bits per heavy atom. The molecule has 2 nitrogen and oxygen atoms in total. The summed E-state index contributed by atoms with van der Waals surface area (Å²) in [6.07, 6.45) is -4.01. The van der Waals surface area contributed by atoms with E-state index in [1.807, 2.05) is 12.1 Å². The molecule has 1 aromatic rings. The molecule has 0 aliphatic rings. The zero-order valence-electron chi connectivity index (χ0n) is 9.93. The molecule has 0 aliphatic heterocycles. The van der Waals surface area contributed by atoms with E-state index >= 15 is 0 Å². The first-order valence-corrected chi connectivity index (χ1v) is 5.97. The van der Waals surface area contributed by atoms with Crippen LogP contribution in [0.4, 0.5) is 13.2 Å². The highest BCUT2D eigenvalue weighted by Gasteiger charge is 2.29. The predicted octanol–water partition coefficient (Wildman–Crippen LogP) is 3.74. The van der Waals surface area contributed by atoms with Crippen LogP contribution in [-0.2, 0) is 11.3 Å². The molecule has 0 spiro atoms. The van der Waals surface area contributed by atoms with Gasteiger partial charge in [-0.3, -0.25) is 4.74 Å². The molecule has 1 unspecified atom stereocenters. The van der Waals surface area contributed by atoms with Gasteiger partial charge in [0, 0.05) is 17.6 Å². The van der Waals surface area contributed by atoms with Crippen LogP contribution in [0.3, 0.4) is 0 Å². The van der Waals surface area contributed by atoms with Gasteiger partial charge in [-0.2, -0.15) is 0 Å². The van der Waals surface area contributed by atoms with Gasteiger partial charge >= 0.3 is 6.36 Å². The van der Waals surface area contributed by atoms with Crippen molar-refractivity contribution in [2.24, 2.45) is 0 Å². The molecule has 0 saturated carbocycles. The van der Waals surface area contributed by atoms with E-state index in [9.17, 15) is 13.2 Å². The second kappa shape index (κ2) is 6.97. The smallest absolute Gasteiger partial charge is 0.308 e. The van der Waals surface area contributed by atoms with E-state index < -0.39 is 6.36 Å². The van der Waals surface area contributed by atoms with Crippen LogP contribution in [-0.4, -0.2) is 19.0 Å². The van der Waals surface area contributed by atoms with Crippen LogP contribution in [0.25, 0.3) is 0 Å². The van der Waals surface area contributed by atoms with Gasteiger partial charge in [0.2, 0.25) is 0 Å². The van der Waals surface area contributed by atoms with Gasteiger partial charge in [-0.15, -0.1) is 13.2 Å². The molecule has 1 atom stereocenters. The highest BCUT2D eigenvalue weighted by atomic mass is 35.5. The molecule has 102 valence electrons. The molecule has 18 heavy (non-hydrogen) atoms. The number of halogens is 4. The largest absolute Gasteiger partial charge is 0.522 e. The van der Waals surface area contributed by atoms with Gasteiger partial charge in [-0.05, 0) is 24.1 Å². The third-order valence-corrected chi connectivity index (χ3v) is 2.70. The van der Waals surface area contributed by atoms with Crippen molar-refractivity contribution in [3.05, 3.63) is 34.9 Å². The average Bonchev–Trinajstić information content (AvgIpc) is 2.30. The zero-order chi connectivity index (χ0) is 13.6. The summed E-state index contributed by atoms with van der Waals surface area (Å²) in [6, 6.07) is 6.80. The number of benzene rings is 1. The monoisotopic (exact) mass is 281 g/mol. The maximum absolute atomic E-state index is 11.9. The molecule has 1 N–H and O–H groups in total. The summed E-state index contributed by atoms with van der Waals surface area (Å²) in [5.74, 6) is 0. The lowest BCUT2D eigenvalue weighted by Crippen LogP contribution is -2.34. The summed E-state index contributed by atoms with van der Waals surface area (Å²) in [5.41, 5.74) is 0.963. The van der Waals surface area contributed by atoms with Crippen LogP contribution in [0.15, 0.2) is 24.3 Å². The summed E-state index contributed by atoms with van der Waals surface area (Å²) in [7, 11) is 0. The third kappa shape index (κ3) is 6.23. The van der Waals surface area contributed by atoms with Crippen LogP contribution in [0, 0.1) is 0 Å². The Balaban J connectivity index is 2.37. The topological polar surface area (TPSA) is 21.3 Å². The highest BCUT2D eigenvalue weighted by Crippen LogP contribution is 2.17. The van der Waals surface area contributed by atoms with Crippen molar-refractivity contribution in [3.8, 4) is 0 Å². The molecule has 0 fully saturated rings. The van der Waals surface area contributed by atoms with Gasteiger partial charge in [-0.1, -0.05) is 30.7 Å². The predicted molar refractivity (Wildman–Crippen MR) is 64.4 cm³/mol. The molecular weight excluding hydrogens is 267 g/mol. The van der Waals surface area contributed by atoms with Gasteiger partial charge in [0.1, 0.15) is 0 Å². The number of hydrogen-bond donors (Lipinski definition) is 1. The van der Waals surface area contributed by atoms with E-state index in [0.717, 1.165) is 5.56 Å². The van der Waals surface area contributed by atoms with Crippen LogP contribution in [0.2, 0.25) is 5.02 Å². The maximum Gasteiger partial charge on any atom is 0.522 e. The normalized spacial score (nSPS) is 13.6. The van der Waals surface area contributed by atoms with Crippen LogP contribution in [0.5, 0.6) is 0 Å². The quantitative estimate of drug-likeness (QED) is 0.857. The van der Waals surface area contributed by atoms with Crippen LogP contribution < -0.4 is 5.32 Å². The molecule has 0 aliphatic carbocycles. The van der Waals surface area contributed by atoms with Crippen molar-refractivity contribution in [2.45, 2.75) is 32.3 Å². The van der Waals surface area contributed by atoms with Gasteiger partial charge in [0.25, 0.3) is 0 Å². The van der Waals surface area contributed by atoms with E-state index in [2.05, 4.69) is 10.1 Å². The summed E-state index contributed by atoms with van der Waals surface area (Å²) in [5, 5.41) is 3.64. The molecule has 1 rings (SSSR count). The molecule has 0 amide bonds. The Morgan fingerprint density at radius 2 is 1.89 bits per heavy atom. The number of hydrogen-bond acceptors (Lipinski definition) is 2. The van der Waals surface area contributed by atoms with E-state index in [1.165, 1.54) is 0 Å². The van der Waals surface area contributed by atoms with E-state index in [-0.39, 0.29) is 12.6 Å². The molecule has 1 aromatic carbocycles. The summed E-state index contributed by atoms with van der Waals surface area (Å²) >= 11 is 5.74. The fourth-order valence-electron chi connectivity index (χ4n) is 1.38. The van der Waals surface area contributed by atoms with Crippen molar-refractivity contribution >= 4 is 11.6 Å². The molecule has 0 heterocycles. The lowest BCUT2D eigenvalue weighted by Gasteiger charge is -2.18. The van der Waals surface area contributed by atoms with Crippen molar-refractivity contribution in [2.75, 3.05) is 6.61 Å². The van der Waals surface area contributed by atoms with Gasteiger partial charge in [-0.25, -0.2) is 0 Å². The van der Waals surface area contributed by atoms with Crippen molar-refractivity contribution in [1.29, 1.82) is 0 Å². The van der Waals surface area contributed by atoms with E-state index in [4.69, 9.17) is 11.6 Å². The molecule has 6 heteroatoms. The molecule has 0 bridgehead atoms. The van der Waals surface area contributed by atoms with Crippen LogP contribution >= 0.6 is 11.6 Å². The van der Waals surface area contributed by atoms with Gasteiger partial charge < -0.3 is 5.32 Å². The Bertz CT molecular complexity index is 353. The van der Waals surface area contributed by atoms with E-state index in [1.54, 1.807) is 19.1 Å². The number of alkyl halides is 3.